The first-order valence-electron chi connectivity index (χ1n) is 8.74. The Morgan fingerprint density at radius 3 is 2.52 bits per heavy atom. The Morgan fingerprint density at radius 2 is 1.86 bits per heavy atom. The first-order valence-corrected chi connectivity index (χ1v) is 10.4. The van der Waals surface area contributed by atoms with E-state index in [1.165, 1.54) is 35.4 Å². The van der Waals surface area contributed by atoms with Crippen LogP contribution >= 0.6 is 0 Å². The zero-order chi connectivity index (χ0) is 21.2. The summed E-state index contributed by atoms with van der Waals surface area (Å²) in [4.78, 5) is 5.12. The van der Waals surface area contributed by atoms with Gasteiger partial charge in [-0.05, 0) is 18.2 Å². The fourth-order valence-electron chi connectivity index (χ4n) is 3.31. The van der Waals surface area contributed by atoms with Crippen molar-refractivity contribution in [2.45, 2.75) is 18.0 Å². The van der Waals surface area contributed by atoms with Crippen LogP contribution < -0.4 is 4.90 Å². The highest BCUT2D eigenvalue weighted by Crippen LogP contribution is 2.36. The number of aromatic nitrogens is 1. The number of halogens is 4. The molecular formula is C18H19F4N3O3S. The number of benzene rings is 1. The van der Waals surface area contributed by atoms with Gasteiger partial charge in [-0.3, -0.25) is 0 Å². The lowest BCUT2D eigenvalue weighted by molar-refractivity contribution is -0.137. The van der Waals surface area contributed by atoms with Crippen molar-refractivity contribution >= 4 is 15.8 Å². The number of pyridine rings is 1. The van der Waals surface area contributed by atoms with Crippen LogP contribution in [0.15, 0.2) is 42.6 Å². The molecule has 0 spiro atoms. The third-order valence-electron chi connectivity index (χ3n) is 4.68. The van der Waals surface area contributed by atoms with Crippen LogP contribution in [0.3, 0.4) is 0 Å². The first kappa shape index (κ1) is 21.5. The van der Waals surface area contributed by atoms with E-state index >= 15 is 0 Å². The first-order chi connectivity index (χ1) is 13.6. The quantitative estimate of drug-likeness (QED) is 0.733. The monoisotopic (exact) mass is 433 g/mol. The summed E-state index contributed by atoms with van der Waals surface area (Å²) in [5.74, 6) is -1.59. The van der Waals surface area contributed by atoms with E-state index in [2.05, 4.69) is 4.98 Å². The summed E-state index contributed by atoms with van der Waals surface area (Å²) >= 11 is 0. The standard InChI is InChI=1S/C18H19F4N3O3S/c19-16-6-2-1-4-13(16)12-29(27,28)25-9-8-24(10-14(25)11-26)17-15(18(20,21)22)5-3-7-23-17/h1-7,14,26H,8-12H2. The van der Waals surface area contributed by atoms with E-state index in [0.717, 1.165) is 16.4 Å². The van der Waals surface area contributed by atoms with Gasteiger partial charge in [0.15, 0.2) is 0 Å². The highest BCUT2D eigenvalue weighted by molar-refractivity contribution is 7.88. The smallest absolute Gasteiger partial charge is 0.395 e. The van der Waals surface area contributed by atoms with Crippen molar-refractivity contribution in [2.24, 2.45) is 0 Å². The second-order valence-electron chi connectivity index (χ2n) is 6.61. The van der Waals surface area contributed by atoms with Crippen LogP contribution in [0, 0.1) is 5.82 Å². The fraction of sp³-hybridized carbons (Fsp3) is 0.389. The molecule has 1 unspecified atom stereocenters. The van der Waals surface area contributed by atoms with Gasteiger partial charge < -0.3 is 10.0 Å². The fourth-order valence-corrected chi connectivity index (χ4v) is 5.05. The number of alkyl halides is 3. The van der Waals surface area contributed by atoms with Crippen molar-refractivity contribution in [1.82, 2.24) is 9.29 Å². The number of piperazine rings is 1. The minimum Gasteiger partial charge on any atom is -0.395 e. The van der Waals surface area contributed by atoms with Gasteiger partial charge in [-0.2, -0.15) is 17.5 Å². The Hall–Kier alpha value is -2.24. The molecule has 1 atom stereocenters. The molecule has 0 radical (unpaired) electrons. The van der Waals surface area contributed by atoms with E-state index in [4.69, 9.17) is 0 Å². The highest BCUT2D eigenvalue weighted by atomic mass is 32.2. The maximum absolute atomic E-state index is 13.9. The highest BCUT2D eigenvalue weighted by Gasteiger charge is 2.40. The van der Waals surface area contributed by atoms with Crippen LogP contribution in [-0.2, 0) is 22.0 Å². The van der Waals surface area contributed by atoms with Crippen LogP contribution in [0.25, 0.3) is 0 Å². The van der Waals surface area contributed by atoms with Crippen molar-refractivity contribution in [2.75, 3.05) is 31.1 Å². The zero-order valence-electron chi connectivity index (χ0n) is 15.2. The van der Waals surface area contributed by atoms with E-state index in [0.29, 0.717) is 0 Å². The average Bonchev–Trinajstić information content (AvgIpc) is 2.68. The van der Waals surface area contributed by atoms with Gasteiger partial charge in [0.25, 0.3) is 0 Å². The zero-order valence-corrected chi connectivity index (χ0v) is 16.0. The lowest BCUT2D eigenvalue weighted by Gasteiger charge is -2.40. The van der Waals surface area contributed by atoms with Crippen LogP contribution in [-0.4, -0.2) is 55.1 Å². The number of hydrogen-bond donors (Lipinski definition) is 1. The van der Waals surface area contributed by atoms with Crippen molar-refractivity contribution in [1.29, 1.82) is 0 Å². The van der Waals surface area contributed by atoms with Gasteiger partial charge in [0.1, 0.15) is 11.6 Å². The number of nitrogens with zero attached hydrogens (tertiary/aromatic N) is 3. The number of sulfonamides is 1. The van der Waals surface area contributed by atoms with Gasteiger partial charge in [-0.25, -0.2) is 17.8 Å². The summed E-state index contributed by atoms with van der Waals surface area (Å²) in [7, 11) is -4.00. The Bertz CT molecular complexity index is 969. The van der Waals surface area contributed by atoms with Crippen LogP contribution in [0.5, 0.6) is 0 Å². The largest absolute Gasteiger partial charge is 0.419 e. The lowest BCUT2D eigenvalue weighted by Crippen LogP contribution is -2.57. The number of hydrogen-bond acceptors (Lipinski definition) is 5. The maximum Gasteiger partial charge on any atom is 0.419 e. The van der Waals surface area contributed by atoms with Crippen molar-refractivity contribution in [3.63, 3.8) is 0 Å². The predicted molar refractivity (Wildman–Crippen MR) is 98.1 cm³/mol. The third-order valence-corrected chi connectivity index (χ3v) is 6.56. The molecule has 1 aromatic heterocycles. The molecule has 0 aliphatic carbocycles. The molecule has 0 amide bonds. The molecule has 158 valence electrons. The SMILES string of the molecule is O=S(=O)(Cc1ccccc1F)N1CCN(c2ncccc2C(F)(F)F)CC1CO. The Morgan fingerprint density at radius 1 is 1.14 bits per heavy atom. The van der Waals surface area contributed by atoms with Gasteiger partial charge in [0, 0.05) is 31.4 Å². The van der Waals surface area contributed by atoms with Crippen molar-refractivity contribution < 1.29 is 31.1 Å². The number of rotatable bonds is 5. The molecule has 2 heterocycles. The normalized spacial score (nSPS) is 18.8. The van der Waals surface area contributed by atoms with Crippen LogP contribution in [0.4, 0.5) is 23.4 Å². The predicted octanol–water partition coefficient (Wildman–Crippen LogP) is 2.25. The molecule has 1 saturated heterocycles. The Kier molecular flexibility index (Phi) is 6.11. The number of aliphatic hydroxyl groups is 1. The summed E-state index contributed by atoms with van der Waals surface area (Å²) in [6, 6.07) is 6.53. The van der Waals surface area contributed by atoms with Crippen LogP contribution in [0.2, 0.25) is 0 Å². The van der Waals surface area contributed by atoms with E-state index in [9.17, 15) is 31.1 Å². The Labute approximate surface area is 165 Å². The third kappa shape index (κ3) is 4.68. The second-order valence-corrected chi connectivity index (χ2v) is 8.53. The molecule has 0 bridgehead atoms. The molecule has 11 heteroatoms. The van der Waals surface area contributed by atoms with Gasteiger partial charge >= 0.3 is 6.18 Å². The molecule has 1 aliphatic rings. The number of anilines is 1. The summed E-state index contributed by atoms with van der Waals surface area (Å²) in [6.07, 6.45) is -3.40. The molecule has 29 heavy (non-hydrogen) atoms. The van der Waals surface area contributed by atoms with Crippen molar-refractivity contribution in [3.05, 3.63) is 59.5 Å². The van der Waals surface area contributed by atoms with E-state index in [-0.39, 0.29) is 31.0 Å². The van der Waals surface area contributed by atoms with E-state index in [1.807, 2.05) is 0 Å². The summed E-state index contributed by atoms with van der Waals surface area (Å²) < 4.78 is 80.2. The summed E-state index contributed by atoms with van der Waals surface area (Å²) in [5.41, 5.74) is -0.949. The van der Waals surface area contributed by atoms with E-state index < -0.39 is 46.0 Å². The topological polar surface area (TPSA) is 73.7 Å². The second kappa shape index (κ2) is 8.25. The van der Waals surface area contributed by atoms with Gasteiger partial charge in [-0.1, -0.05) is 18.2 Å². The minimum atomic E-state index is -4.62. The minimum absolute atomic E-state index is 0.0179. The van der Waals surface area contributed by atoms with Gasteiger partial charge in [0.2, 0.25) is 10.0 Å². The molecular weight excluding hydrogens is 414 g/mol. The molecule has 1 N–H and O–H groups in total. The molecule has 1 aliphatic heterocycles. The van der Waals surface area contributed by atoms with Gasteiger partial charge in [-0.15, -0.1) is 0 Å². The molecule has 1 aromatic carbocycles. The lowest BCUT2D eigenvalue weighted by atomic mass is 10.1. The maximum atomic E-state index is 13.9. The van der Waals surface area contributed by atoms with Gasteiger partial charge in [0.05, 0.1) is 24.0 Å². The summed E-state index contributed by atoms with van der Waals surface area (Å²) in [5, 5.41) is 9.69. The molecule has 6 nitrogen and oxygen atoms in total. The van der Waals surface area contributed by atoms with Crippen molar-refractivity contribution in [3.8, 4) is 0 Å². The molecule has 1 fully saturated rings. The molecule has 0 saturated carbocycles. The van der Waals surface area contributed by atoms with Crippen LogP contribution in [0.1, 0.15) is 11.1 Å². The summed E-state index contributed by atoms with van der Waals surface area (Å²) in [6.45, 7) is -0.975. The average molecular weight is 433 g/mol. The molecule has 3 rings (SSSR count). The van der Waals surface area contributed by atoms with E-state index in [1.54, 1.807) is 0 Å². The number of aliphatic hydroxyl groups excluding tert-OH is 1. The Balaban J connectivity index is 1.83. The molecule has 2 aromatic rings.